The van der Waals surface area contributed by atoms with Crippen LogP contribution in [0.4, 0.5) is 4.79 Å². The summed E-state index contributed by atoms with van der Waals surface area (Å²) in [6, 6.07) is 0. The Morgan fingerprint density at radius 1 is 0.909 bits per heavy atom. The average molecular weight is 317 g/mol. The van der Waals surface area contributed by atoms with Gasteiger partial charge in [-0.25, -0.2) is 4.79 Å². The number of unbranched alkanes of at least 4 members (excludes halogenated alkanes) is 7. The molecular weight excluding hydrogens is 282 g/mol. The maximum atomic E-state index is 11.8. The lowest BCUT2D eigenvalue weighted by molar-refractivity contribution is 0.0620. The van der Waals surface area contributed by atoms with Crippen molar-refractivity contribution in [3.8, 4) is 0 Å². The van der Waals surface area contributed by atoms with E-state index in [1.807, 2.05) is 6.92 Å². The van der Waals surface area contributed by atoms with E-state index in [4.69, 9.17) is 14.6 Å². The maximum absolute atomic E-state index is 11.8. The topological polar surface area (TPSA) is 59.0 Å². The molecule has 5 heteroatoms. The standard InChI is InChI=1S/C17H35NO4/c1-3-5-6-7-8-9-10-11-12-18(17(20)22-4-2)13-15-21-16-14-19/h19H,3-16H2,1-2H3. The highest BCUT2D eigenvalue weighted by Gasteiger charge is 2.13. The van der Waals surface area contributed by atoms with Crippen LogP contribution in [0.3, 0.4) is 0 Å². The van der Waals surface area contributed by atoms with Gasteiger partial charge in [0.1, 0.15) is 0 Å². The van der Waals surface area contributed by atoms with Gasteiger partial charge < -0.3 is 19.5 Å². The van der Waals surface area contributed by atoms with E-state index in [1.54, 1.807) is 4.90 Å². The number of carbonyl (C=O) groups excluding carboxylic acids is 1. The zero-order chi connectivity index (χ0) is 16.5. The molecule has 0 atom stereocenters. The molecule has 0 bridgehead atoms. The van der Waals surface area contributed by atoms with E-state index in [1.165, 1.54) is 38.5 Å². The van der Waals surface area contributed by atoms with Crippen molar-refractivity contribution in [1.29, 1.82) is 0 Å². The third-order valence-electron chi connectivity index (χ3n) is 3.55. The molecule has 0 aromatic rings. The van der Waals surface area contributed by atoms with Gasteiger partial charge in [0.2, 0.25) is 0 Å². The fraction of sp³-hybridized carbons (Fsp3) is 0.941. The van der Waals surface area contributed by atoms with Crippen molar-refractivity contribution in [2.24, 2.45) is 0 Å². The maximum Gasteiger partial charge on any atom is 0.409 e. The van der Waals surface area contributed by atoms with Crippen molar-refractivity contribution < 1.29 is 19.4 Å². The molecule has 0 saturated carbocycles. The summed E-state index contributed by atoms with van der Waals surface area (Å²) in [7, 11) is 0. The first-order valence-electron chi connectivity index (χ1n) is 8.86. The predicted octanol–water partition coefficient (Wildman–Crippen LogP) is 3.59. The summed E-state index contributed by atoms with van der Waals surface area (Å²) in [4.78, 5) is 13.6. The summed E-state index contributed by atoms with van der Waals surface area (Å²) in [6.07, 6.45) is 9.71. The Labute approximate surface area is 136 Å². The molecule has 0 rings (SSSR count). The van der Waals surface area contributed by atoms with E-state index in [0.29, 0.717) is 26.4 Å². The molecule has 0 radical (unpaired) electrons. The lowest BCUT2D eigenvalue weighted by Crippen LogP contribution is -2.35. The summed E-state index contributed by atoms with van der Waals surface area (Å²) >= 11 is 0. The predicted molar refractivity (Wildman–Crippen MR) is 89.1 cm³/mol. The average Bonchev–Trinajstić information content (AvgIpc) is 2.52. The van der Waals surface area contributed by atoms with Crippen molar-refractivity contribution in [3.05, 3.63) is 0 Å². The van der Waals surface area contributed by atoms with Crippen LogP contribution >= 0.6 is 0 Å². The van der Waals surface area contributed by atoms with Crippen molar-refractivity contribution in [3.63, 3.8) is 0 Å². The Kier molecular flexibility index (Phi) is 15.9. The van der Waals surface area contributed by atoms with Gasteiger partial charge >= 0.3 is 6.09 Å². The molecular formula is C17H35NO4. The van der Waals surface area contributed by atoms with Crippen molar-refractivity contribution in [2.75, 3.05) is 39.5 Å². The van der Waals surface area contributed by atoms with Crippen LogP contribution in [0.5, 0.6) is 0 Å². The first kappa shape index (κ1) is 21.2. The van der Waals surface area contributed by atoms with Crippen molar-refractivity contribution in [1.82, 2.24) is 4.90 Å². The van der Waals surface area contributed by atoms with Gasteiger partial charge in [-0.2, -0.15) is 0 Å². The second-order valence-corrected chi connectivity index (χ2v) is 5.50. The summed E-state index contributed by atoms with van der Waals surface area (Å²) < 4.78 is 10.3. The smallest absolute Gasteiger partial charge is 0.409 e. The first-order valence-corrected chi connectivity index (χ1v) is 8.86. The van der Waals surface area contributed by atoms with Gasteiger partial charge in [0.25, 0.3) is 0 Å². The van der Waals surface area contributed by atoms with Gasteiger partial charge in [-0.1, -0.05) is 51.9 Å². The lowest BCUT2D eigenvalue weighted by Gasteiger charge is -2.21. The van der Waals surface area contributed by atoms with E-state index in [0.717, 1.165) is 19.4 Å². The van der Waals surface area contributed by atoms with E-state index in [9.17, 15) is 4.79 Å². The second-order valence-electron chi connectivity index (χ2n) is 5.50. The van der Waals surface area contributed by atoms with Gasteiger partial charge in [-0.05, 0) is 13.3 Å². The Morgan fingerprint density at radius 3 is 2.14 bits per heavy atom. The summed E-state index contributed by atoms with van der Waals surface area (Å²) in [5.41, 5.74) is 0. The molecule has 0 unspecified atom stereocenters. The van der Waals surface area contributed by atoms with Gasteiger partial charge in [0, 0.05) is 13.1 Å². The first-order chi connectivity index (χ1) is 10.8. The molecule has 0 heterocycles. The molecule has 0 aliphatic carbocycles. The Bertz CT molecular complexity index is 249. The van der Waals surface area contributed by atoms with Crippen LogP contribution in [0.25, 0.3) is 0 Å². The highest BCUT2D eigenvalue weighted by Crippen LogP contribution is 2.09. The minimum absolute atomic E-state index is 0.0113. The molecule has 0 aromatic carbocycles. The molecule has 22 heavy (non-hydrogen) atoms. The Hall–Kier alpha value is -0.810. The molecule has 0 saturated heterocycles. The number of nitrogens with zero attached hydrogens (tertiary/aromatic N) is 1. The van der Waals surface area contributed by atoms with Gasteiger partial charge in [0.05, 0.1) is 26.4 Å². The zero-order valence-corrected chi connectivity index (χ0v) is 14.5. The number of aliphatic hydroxyl groups is 1. The third-order valence-corrected chi connectivity index (χ3v) is 3.55. The lowest BCUT2D eigenvalue weighted by atomic mass is 10.1. The number of hydrogen-bond donors (Lipinski definition) is 1. The van der Waals surface area contributed by atoms with Crippen LogP contribution in [0.2, 0.25) is 0 Å². The molecule has 0 fully saturated rings. The fourth-order valence-corrected chi connectivity index (χ4v) is 2.29. The summed E-state index contributed by atoms with van der Waals surface area (Å²) in [6.45, 7) is 6.45. The highest BCUT2D eigenvalue weighted by atomic mass is 16.6. The van der Waals surface area contributed by atoms with Crippen LogP contribution < -0.4 is 0 Å². The van der Waals surface area contributed by atoms with E-state index >= 15 is 0 Å². The minimum Gasteiger partial charge on any atom is -0.450 e. The van der Waals surface area contributed by atoms with E-state index in [-0.39, 0.29) is 12.7 Å². The number of rotatable bonds is 15. The minimum atomic E-state index is -0.266. The molecule has 0 spiro atoms. The number of hydrogen-bond acceptors (Lipinski definition) is 4. The van der Waals surface area contributed by atoms with Crippen LogP contribution in [0, 0.1) is 0 Å². The molecule has 0 aliphatic rings. The number of aliphatic hydroxyl groups excluding tert-OH is 1. The molecule has 1 amide bonds. The van der Waals surface area contributed by atoms with Crippen molar-refractivity contribution >= 4 is 6.09 Å². The number of ether oxygens (including phenoxy) is 2. The Balaban J connectivity index is 3.75. The monoisotopic (exact) mass is 317 g/mol. The zero-order valence-electron chi connectivity index (χ0n) is 14.5. The van der Waals surface area contributed by atoms with Crippen LogP contribution in [-0.2, 0) is 9.47 Å². The number of carbonyl (C=O) groups is 1. The van der Waals surface area contributed by atoms with Crippen LogP contribution in [0.1, 0.15) is 65.2 Å². The largest absolute Gasteiger partial charge is 0.450 e. The summed E-state index contributed by atoms with van der Waals surface area (Å²) in [5.74, 6) is 0. The molecule has 132 valence electrons. The normalized spacial score (nSPS) is 10.7. The second kappa shape index (κ2) is 16.6. The van der Waals surface area contributed by atoms with E-state index in [2.05, 4.69) is 6.92 Å². The SMILES string of the molecule is CCCCCCCCCCN(CCOCCO)C(=O)OCC. The number of amides is 1. The summed E-state index contributed by atoms with van der Waals surface area (Å²) in [5, 5.41) is 8.67. The molecule has 0 aliphatic heterocycles. The quantitative estimate of drug-likeness (QED) is 0.469. The van der Waals surface area contributed by atoms with Gasteiger partial charge in [0.15, 0.2) is 0 Å². The Morgan fingerprint density at radius 2 is 1.55 bits per heavy atom. The third kappa shape index (κ3) is 12.9. The van der Waals surface area contributed by atoms with Gasteiger partial charge in [-0.3, -0.25) is 0 Å². The van der Waals surface area contributed by atoms with Crippen LogP contribution in [-0.4, -0.2) is 55.6 Å². The van der Waals surface area contributed by atoms with E-state index < -0.39 is 0 Å². The fourth-order valence-electron chi connectivity index (χ4n) is 2.29. The van der Waals surface area contributed by atoms with Crippen LogP contribution in [0.15, 0.2) is 0 Å². The van der Waals surface area contributed by atoms with Gasteiger partial charge in [-0.15, -0.1) is 0 Å². The molecule has 1 N–H and O–H groups in total. The highest BCUT2D eigenvalue weighted by molar-refractivity contribution is 5.67. The molecule has 5 nitrogen and oxygen atoms in total. The van der Waals surface area contributed by atoms with Crippen molar-refractivity contribution in [2.45, 2.75) is 65.2 Å². The molecule has 0 aromatic heterocycles.